The van der Waals surface area contributed by atoms with Crippen molar-refractivity contribution >= 4 is 12.6 Å². The van der Waals surface area contributed by atoms with Crippen LogP contribution in [-0.4, -0.2) is 22.2 Å². The Morgan fingerprint density at radius 1 is 1.50 bits per heavy atom. The van der Waals surface area contributed by atoms with Crippen molar-refractivity contribution in [3.05, 3.63) is 28.2 Å². The molecule has 0 aromatic carbocycles. The molecule has 0 aliphatic heterocycles. The van der Waals surface area contributed by atoms with E-state index in [2.05, 4.69) is 4.98 Å². The van der Waals surface area contributed by atoms with E-state index in [1.54, 1.807) is 6.07 Å². The van der Waals surface area contributed by atoms with Crippen molar-refractivity contribution in [3.8, 4) is 6.07 Å². The Kier molecular flexibility index (Phi) is 2.28. The molecule has 60 valence electrons. The third kappa shape index (κ3) is 1.53. The molecule has 0 aliphatic rings. The summed E-state index contributed by atoms with van der Waals surface area (Å²) in [7, 11) is -1.80. The van der Waals surface area contributed by atoms with Crippen molar-refractivity contribution in [1.29, 1.82) is 5.26 Å². The first-order chi connectivity index (χ1) is 5.65. The summed E-state index contributed by atoms with van der Waals surface area (Å²) in [5.41, 5.74) is -0.748. The van der Waals surface area contributed by atoms with Gasteiger partial charge in [0.2, 0.25) is 5.56 Å². The zero-order chi connectivity index (χ0) is 9.14. The van der Waals surface area contributed by atoms with Gasteiger partial charge in [0.15, 0.2) is 0 Å². The highest BCUT2D eigenvalue weighted by atomic mass is 16.4. The highest BCUT2D eigenvalue weighted by Crippen LogP contribution is 1.83. The molecule has 1 rings (SSSR count). The number of rotatable bonds is 1. The van der Waals surface area contributed by atoms with Gasteiger partial charge in [-0.1, -0.05) is 6.07 Å². The summed E-state index contributed by atoms with van der Waals surface area (Å²) in [6, 6.07) is 4.21. The fraction of sp³-hybridized carbons (Fsp3) is 0. The number of nitrogens with zero attached hydrogens (tertiary/aromatic N) is 1. The van der Waals surface area contributed by atoms with Crippen LogP contribution in [0, 0.1) is 11.3 Å². The zero-order valence-corrected chi connectivity index (χ0v) is 5.98. The smallest absolute Gasteiger partial charge is 0.423 e. The maximum atomic E-state index is 10.9. The van der Waals surface area contributed by atoms with Gasteiger partial charge in [-0.05, 0) is 6.07 Å². The van der Waals surface area contributed by atoms with E-state index in [9.17, 15) is 4.79 Å². The fourth-order valence-electron chi connectivity index (χ4n) is 0.753. The number of H-pyrrole nitrogens is 1. The van der Waals surface area contributed by atoms with Crippen LogP contribution in [0.4, 0.5) is 0 Å². The lowest BCUT2D eigenvalue weighted by atomic mass is 9.81. The molecule has 3 N–H and O–H groups in total. The van der Waals surface area contributed by atoms with E-state index in [1.165, 1.54) is 12.1 Å². The van der Waals surface area contributed by atoms with Gasteiger partial charge in [0.1, 0.15) is 11.8 Å². The molecule has 0 spiro atoms. The molecule has 0 saturated carbocycles. The minimum atomic E-state index is -1.80. The SMILES string of the molecule is N#Cc1ccc(B(O)O)c(=O)[nH]1. The van der Waals surface area contributed by atoms with Crippen molar-refractivity contribution in [1.82, 2.24) is 4.98 Å². The van der Waals surface area contributed by atoms with E-state index >= 15 is 0 Å². The van der Waals surface area contributed by atoms with Gasteiger partial charge >= 0.3 is 7.12 Å². The Morgan fingerprint density at radius 3 is 2.58 bits per heavy atom. The Hall–Kier alpha value is -1.58. The van der Waals surface area contributed by atoms with Crippen LogP contribution in [0.1, 0.15) is 5.69 Å². The molecule has 5 nitrogen and oxygen atoms in total. The summed E-state index contributed by atoms with van der Waals surface area (Å²) in [6.45, 7) is 0. The second-order valence-electron chi connectivity index (χ2n) is 2.14. The van der Waals surface area contributed by atoms with Crippen LogP contribution in [-0.2, 0) is 0 Å². The third-order valence-electron chi connectivity index (χ3n) is 1.34. The van der Waals surface area contributed by atoms with Crippen LogP contribution in [0.3, 0.4) is 0 Å². The van der Waals surface area contributed by atoms with Crippen LogP contribution in [0.25, 0.3) is 0 Å². The topological polar surface area (TPSA) is 97.1 Å². The predicted molar refractivity (Wildman–Crippen MR) is 41.6 cm³/mol. The number of nitriles is 1. The largest absolute Gasteiger partial charge is 0.494 e. The number of aromatic amines is 1. The van der Waals surface area contributed by atoms with Gasteiger partial charge in [0.25, 0.3) is 0 Å². The average molecular weight is 164 g/mol. The van der Waals surface area contributed by atoms with Crippen LogP contribution < -0.4 is 11.0 Å². The summed E-state index contributed by atoms with van der Waals surface area (Å²) in [6.07, 6.45) is 0. The standard InChI is InChI=1S/C6H5BN2O3/c8-3-4-1-2-5(7(11)12)6(10)9-4/h1-2,11-12H,(H,9,10). The highest BCUT2D eigenvalue weighted by Gasteiger charge is 2.14. The van der Waals surface area contributed by atoms with E-state index in [0.29, 0.717) is 0 Å². The first kappa shape index (κ1) is 8.52. The number of pyridine rings is 1. The van der Waals surface area contributed by atoms with Crippen molar-refractivity contribution < 1.29 is 10.0 Å². The van der Waals surface area contributed by atoms with Gasteiger partial charge in [-0.3, -0.25) is 4.79 Å². The lowest BCUT2D eigenvalue weighted by Crippen LogP contribution is -2.42. The zero-order valence-electron chi connectivity index (χ0n) is 5.98. The lowest BCUT2D eigenvalue weighted by molar-refractivity contribution is 0.425. The van der Waals surface area contributed by atoms with Gasteiger partial charge < -0.3 is 15.0 Å². The second kappa shape index (κ2) is 3.22. The molecule has 0 unspecified atom stereocenters. The molecular weight excluding hydrogens is 159 g/mol. The summed E-state index contributed by atoms with van der Waals surface area (Å²) in [4.78, 5) is 13.1. The van der Waals surface area contributed by atoms with Gasteiger partial charge in [0, 0.05) is 5.46 Å². The van der Waals surface area contributed by atoms with E-state index < -0.39 is 12.7 Å². The molecule has 1 aromatic rings. The number of hydrogen-bond donors (Lipinski definition) is 3. The molecule has 0 atom stereocenters. The third-order valence-corrected chi connectivity index (χ3v) is 1.34. The normalized spacial score (nSPS) is 9.08. The van der Waals surface area contributed by atoms with Gasteiger partial charge in [-0.15, -0.1) is 0 Å². The summed E-state index contributed by atoms with van der Waals surface area (Å²) >= 11 is 0. The summed E-state index contributed by atoms with van der Waals surface area (Å²) < 4.78 is 0. The Bertz CT molecular complexity index is 379. The maximum absolute atomic E-state index is 10.9. The maximum Gasteiger partial charge on any atom is 0.494 e. The monoisotopic (exact) mass is 164 g/mol. The van der Waals surface area contributed by atoms with E-state index in [4.69, 9.17) is 15.3 Å². The van der Waals surface area contributed by atoms with Crippen molar-refractivity contribution in [2.75, 3.05) is 0 Å². The predicted octanol–water partition coefficient (Wildman–Crippen LogP) is -2.07. The Balaban J connectivity index is 3.24. The molecule has 0 radical (unpaired) electrons. The number of nitrogens with one attached hydrogen (secondary N) is 1. The average Bonchev–Trinajstić information content (AvgIpc) is 2.03. The summed E-state index contributed by atoms with van der Waals surface area (Å²) in [5.74, 6) is 0. The Morgan fingerprint density at radius 2 is 2.17 bits per heavy atom. The number of hydrogen-bond acceptors (Lipinski definition) is 4. The molecule has 1 heterocycles. The van der Waals surface area contributed by atoms with E-state index in [0.717, 1.165) is 0 Å². The molecule has 6 heteroatoms. The molecule has 12 heavy (non-hydrogen) atoms. The number of aromatic nitrogens is 1. The minimum Gasteiger partial charge on any atom is -0.423 e. The van der Waals surface area contributed by atoms with E-state index in [1.807, 2.05) is 0 Å². The van der Waals surface area contributed by atoms with E-state index in [-0.39, 0.29) is 11.2 Å². The molecule has 0 amide bonds. The van der Waals surface area contributed by atoms with Crippen LogP contribution in [0.2, 0.25) is 0 Å². The fourth-order valence-corrected chi connectivity index (χ4v) is 0.753. The van der Waals surface area contributed by atoms with Gasteiger partial charge in [-0.2, -0.15) is 5.26 Å². The summed E-state index contributed by atoms with van der Waals surface area (Å²) in [5, 5.41) is 25.6. The first-order valence-electron chi connectivity index (χ1n) is 3.14. The Labute approximate surface area is 68.1 Å². The van der Waals surface area contributed by atoms with Crippen LogP contribution in [0.5, 0.6) is 0 Å². The molecule has 1 aromatic heterocycles. The highest BCUT2D eigenvalue weighted by molar-refractivity contribution is 6.58. The van der Waals surface area contributed by atoms with Crippen LogP contribution in [0.15, 0.2) is 16.9 Å². The van der Waals surface area contributed by atoms with Crippen LogP contribution >= 0.6 is 0 Å². The quantitative estimate of drug-likeness (QED) is 0.415. The first-order valence-corrected chi connectivity index (χ1v) is 3.14. The minimum absolute atomic E-state index is 0.0874. The van der Waals surface area contributed by atoms with Crippen molar-refractivity contribution in [3.63, 3.8) is 0 Å². The molecular formula is C6H5BN2O3. The molecule has 0 fully saturated rings. The van der Waals surface area contributed by atoms with Gasteiger partial charge in [0.05, 0.1) is 0 Å². The van der Waals surface area contributed by atoms with Gasteiger partial charge in [-0.25, -0.2) is 0 Å². The van der Waals surface area contributed by atoms with Crippen molar-refractivity contribution in [2.24, 2.45) is 0 Å². The van der Waals surface area contributed by atoms with Crippen molar-refractivity contribution in [2.45, 2.75) is 0 Å². The second-order valence-corrected chi connectivity index (χ2v) is 2.14. The molecule has 0 saturated heterocycles. The molecule has 0 bridgehead atoms. The molecule has 0 aliphatic carbocycles. The lowest BCUT2D eigenvalue weighted by Gasteiger charge is -1.96.